The highest BCUT2D eigenvalue weighted by Gasteiger charge is 2.52. The average molecular weight is 1010 g/mol. The number of carbonyl (C=O) groups is 3. The summed E-state index contributed by atoms with van der Waals surface area (Å²) < 4.78 is 63.3. The Morgan fingerprint density at radius 3 is 1.46 bits per heavy atom. The van der Waals surface area contributed by atoms with Crippen LogP contribution < -0.4 is 9.47 Å². The predicted molar refractivity (Wildman–Crippen MR) is 252 cm³/mol. The van der Waals surface area contributed by atoms with Crippen molar-refractivity contribution < 1.29 is 71.3 Å². The lowest BCUT2D eigenvalue weighted by atomic mass is 9.92. The molecular weight excluding hydrogens is 952 g/mol. The summed E-state index contributed by atoms with van der Waals surface area (Å²) in [5.41, 5.74) is 2.37. The number of rotatable bonds is 15. The Kier molecular flexibility index (Phi) is 19.3. The van der Waals surface area contributed by atoms with Crippen LogP contribution >= 0.6 is 35.0 Å². The third-order valence-corrected chi connectivity index (χ3v) is 13.5. The van der Waals surface area contributed by atoms with Crippen LogP contribution in [-0.2, 0) is 60.7 Å². The fourth-order valence-corrected chi connectivity index (χ4v) is 9.77. The third-order valence-electron chi connectivity index (χ3n) is 10.7. The lowest BCUT2D eigenvalue weighted by molar-refractivity contribution is -0.233. The van der Waals surface area contributed by atoms with Crippen molar-refractivity contribution in [3.05, 3.63) is 128 Å². The Bertz CT molecular complexity index is 2420. The molecule has 0 saturated carbocycles. The highest BCUT2D eigenvalue weighted by molar-refractivity contribution is 7.99. The molecule has 0 spiro atoms. The molecule has 2 heterocycles. The molecule has 2 fully saturated rings. The number of hydrogen-bond acceptors (Lipinski definition) is 16. The molecule has 2 aliphatic heterocycles. The van der Waals surface area contributed by atoms with Gasteiger partial charge in [0.2, 0.25) is 0 Å². The van der Waals surface area contributed by atoms with Crippen molar-refractivity contribution in [1.29, 1.82) is 0 Å². The maximum Gasteiger partial charge on any atom is 0.303 e. The van der Waals surface area contributed by atoms with E-state index < -0.39 is 87.4 Å². The SMILES string of the molecule is CCOc1ccc(Cc2cc([C@@H]3O[C@H](S(C)(=O)=O)[C@@H](O)[C@H](O)[C@H]3O)ccc2Cl)cc1.CCOc1ccc(Cc2cc([C@@H]3O[C@H](SC)[C@@H](OC(C)=O)[C@H](OC(C)=O)[C@H]3OC(C)=O)ccc2Cl)cc1. The molecule has 4 aromatic rings. The summed E-state index contributed by atoms with van der Waals surface area (Å²) in [7, 11) is -3.83. The van der Waals surface area contributed by atoms with Gasteiger partial charge in [-0.1, -0.05) is 71.7 Å². The molecule has 6 rings (SSSR count). The van der Waals surface area contributed by atoms with E-state index in [0.717, 1.165) is 40.0 Å². The summed E-state index contributed by atoms with van der Waals surface area (Å²) in [5.74, 6) is -0.225. The van der Waals surface area contributed by atoms with E-state index in [2.05, 4.69) is 0 Å². The smallest absolute Gasteiger partial charge is 0.303 e. The van der Waals surface area contributed by atoms with Gasteiger partial charge in [-0.15, -0.1) is 11.8 Å². The number of ether oxygens (including phenoxy) is 7. The van der Waals surface area contributed by atoms with Crippen molar-refractivity contribution in [2.45, 2.75) is 107 Å². The molecule has 0 radical (unpaired) electrons. The molecule has 0 aromatic heterocycles. The van der Waals surface area contributed by atoms with Gasteiger partial charge in [-0.05, 0) is 103 Å². The van der Waals surface area contributed by atoms with Gasteiger partial charge in [-0.3, -0.25) is 14.4 Å². The standard InChI is InChI=1S/C27H31ClO8S.C21H25ClO7S/c1-6-32-21-10-7-18(8-11-21)13-20-14-19(9-12-22(20)28)23-24(33-15(2)29)25(34-16(3)30)26(35-17(4)31)27(36-23)37-5;1-3-28-15-7-4-12(5-8-15)10-14-11-13(6-9-16(14)22)20-18(24)17(23)19(25)21(29-20)30(2,26)27/h7-12,14,23-27H,6,13H2,1-5H3;4-9,11,17-21,23-25H,3,10H2,1-2H3/t23-,24-,25+,26-,27+;17-,18-,19+,20+,21-/m01/s1. The summed E-state index contributed by atoms with van der Waals surface area (Å²) in [6.07, 6.45) is -6.27. The minimum atomic E-state index is -3.83. The van der Waals surface area contributed by atoms with Crippen LogP contribution in [0.4, 0.5) is 0 Å². The Balaban J connectivity index is 0.000000256. The number of benzene rings is 4. The van der Waals surface area contributed by atoms with Crippen molar-refractivity contribution >= 4 is 62.7 Å². The van der Waals surface area contributed by atoms with E-state index in [1.165, 1.54) is 32.5 Å². The lowest BCUT2D eigenvalue weighted by Crippen LogP contribution is -2.57. The Labute approximate surface area is 404 Å². The first-order valence-electron chi connectivity index (χ1n) is 21.3. The van der Waals surface area contributed by atoms with E-state index in [1.54, 1.807) is 36.6 Å². The van der Waals surface area contributed by atoms with Gasteiger partial charge in [0, 0.05) is 37.1 Å². The molecule has 0 aliphatic carbocycles. The number of esters is 3. The average Bonchev–Trinajstić information content (AvgIpc) is 3.26. The molecule has 364 valence electrons. The number of halogens is 2. The predicted octanol–water partition coefficient (Wildman–Crippen LogP) is 6.74. The molecule has 4 aromatic carbocycles. The van der Waals surface area contributed by atoms with Crippen LogP contribution in [0.25, 0.3) is 0 Å². The molecule has 19 heteroatoms. The molecular formula is C48H56Cl2O15S2. The summed E-state index contributed by atoms with van der Waals surface area (Å²) >= 11 is 14.2. The van der Waals surface area contributed by atoms with Crippen LogP contribution in [0.15, 0.2) is 84.9 Å². The van der Waals surface area contributed by atoms with Crippen molar-refractivity contribution in [3.8, 4) is 11.5 Å². The summed E-state index contributed by atoms with van der Waals surface area (Å²) in [4.78, 5) is 35.9. The van der Waals surface area contributed by atoms with E-state index in [0.29, 0.717) is 47.2 Å². The zero-order chi connectivity index (χ0) is 49.2. The van der Waals surface area contributed by atoms with Crippen LogP contribution in [-0.4, -0.2) is 115 Å². The van der Waals surface area contributed by atoms with Crippen LogP contribution in [0, 0.1) is 0 Å². The second-order valence-corrected chi connectivity index (χ2v) is 19.7. The monoisotopic (exact) mass is 1010 g/mol. The van der Waals surface area contributed by atoms with Crippen molar-refractivity contribution in [2.24, 2.45) is 0 Å². The van der Waals surface area contributed by atoms with Crippen LogP contribution in [0.2, 0.25) is 10.0 Å². The van der Waals surface area contributed by atoms with Gasteiger partial charge >= 0.3 is 17.9 Å². The zero-order valence-electron chi connectivity index (χ0n) is 38.0. The first kappa shape index (κ1) is 53.5. The lowest BCUT2D eigenvalue weighted by Gasteiger charge is -2.44. The number of thioether (sulfide) groups is 1. The Morgan fingerprint density at radius 2 is 1.04 bits per heavy atom. The fourth-order valence-electron chi connectivity index (χ4n) is 7.70. The Hall–Kier alpha value is -4.43. The highest BCUT2D eigenvalue weighted by atomic mass is 35.5. The van der Waals surface area contributed by atoms with Crippen molar-refractivity contribution in [3.63, 3.8) is 0 Å². The van der Waals surface area contributed by atoms with E-state index >= 15 is 0 Å². The van der Waals surface area contributed by atoms with Crippen molar-refractivity contribution in [2.75, 3.05) is 25.7 Å². The van der Waals surface area contributed by atoms with Crippen LogP contribution in [0.1, 0.15) is 80.2 Å². The van der Waals surface area contributed by atoms with Gasteiger partial charge in [-0.2, -0.15) is 0 Å². The summed E-state index contributed by atoms with van der Waals surface area (Å²) in [5, 5.41) is 31.6. The van der Waals surface area contributed by atoms with E-state index in [-0.39, 0.29) is 0 Å². The molecule has 2 aliphatic rings. The molecule has 67 heavy (non-hydrogen) atoms. The zero-order valence-corrected chi connectivity index (χ0v) is 41.1. The van der Waals surface area contributed by atoms with Gasteiger partial charge in [0.05, 0.1) is 13.2 Å². The normalized spacial score (nSPS) is 24.9. The number of aliphatic hydroxyl groups excluding tert-OH is 3. The quantitative estimate of drug-likeness (QED) is 0.0832. The maximum absolute atomic E-state index is 12.1. The van der Waals surface area contributed by atoms with E-state index in [1.807, 2.05) is 68.4 Å². The molecule has 2 saturated heterocycles. The van der Waals surface area contributed by atoms with Gasteiger partial charge in [0.1, 0.15) is 47.5 Å². The minimum absolute atomic E-state index is 0.451. The third kappa shape index (κ3) is 14.3. The first-order valence-corrected chi connectivity index (χ1v) is 25.3. The first-order chi connectivity index (χ1) is 31.7. The maximum atomic E-state index is 12.1. The number of aliphatic hydroxyl groups is 3. The van der Waals surface area contributed by atoms with Gasteiger partial charge < -0.3 is 48.5 Å². The molecule has 15 nitrogen and oxygen atoms in total. The largest absolute Gasteiger partial charge is 0.494 e. The highest BCUT2D eigenvalue weighted by Crippen LogP contribution is 2.42. The van der Waals surface area contributed by atoms with Crippen LogP contribution in [0.3, 0.4) is 0 Å². The fraction of sp³-hybridized carbons (Fsp3) is 0.438. The Morgan fingerprint density at radius 1 is 0.612 bits per heavy atom. The second-order valence-electron chi connectivity index (χ2n) is 15.8. The van der Waals surface area contributed by atoms with E-state index in [9.17, 15) is 38.1 Å². The molecule has 0 bridgehead atoms. The summed E-state index contributed by atoms with van der Waals surface area (Å²) in [6.45, 7) is 8.74. The number of sulfone groups is 1. The van der Waals surface area contributed by atoms with Gasteiger partial charge in [-0.25, -0.2) is 8.42 Å². The second kappa shape index (κ2) is 24.2. The minimum Gasteiger partial charge on any atom is -0.494 e. The van der Waals surface area contributed by atoms with Gasteiger partial charge in [0.25, 0.3) is 0 Å². The molecule has 0 unspecified atom stereocenters. The van der Waals surface area contributed by atoms with Crippen LogP contribution in [0.5, 0.6) is 11.5 Å². The van der Waals surface area contributed by atoms with E-state index in [4.69, 9.17) is 56.4 Å². The van der Waals surface area contributed by atoms with Gasteiger partial charge in [0.15, 0.2) is 33.6 Å². The molecule has 0 amide bonds. The topological polar surface area (TPSA) is 211 Å². The molecule has 3 N–H and O–H groups in total. The number of carbonyl (C=O) groups excluding carboxylic acids is 3. The molecule has 10 atom stereocenters. The van der Waals surface area contributed by atoms with Crippen molar-refractivity contribution in [1.82, 2.24) is 0 Å². The summed E-state index contributed by atoms with van der Waals surface area (Å²) in [6, 6.07) is 25.6. The number of hydrogen-bond donors (Lipinski definition) is 3.